The number of nitrogens with two attached hydrogens (primary N) is 1. The van der Waals surface area contributed by atoms with E-state index in [9.17, 15) is 4.79 Å². The van der Waals surface area contributed by atoms with Crippen LogP contribution in [0.1, 0.15) is 46.0 Å². The summed E-state index contributed by atoms with van der Waals surface area (Å²) in [7, 11) is 1.39. The molecule has 1 rings (SSSR count). The molecule has 0 bridgehead atoms. The van der Waals surface area contributed by atoms with Crippen molar-refractivity contribution in [3.8, 4) is 0 Å². The highest BCUT2D eigenvalue weighted by Gasteiger charge is 2.33. The fraction of sp³-hybridized carbons (Fsp3) is 0.923. The van der Waals surface area contributed by atoms with Crippen LogP contribution < -0.4 is 5.73 Å². The summed E-state index contributed by atoms with van der Waals surface area (Å²) in [6.45, 7) is 5.97. The molecule has 1 fully saturated rings. The van der Waals surface area contributed by atoms with Crippen molar-refractivity contribution in [1.82, 2.24) is 4.90 Å². The zero-order valence-electron chi connectivity index (χ0n) is 11.4. The summed E-state index contributed by atoms with van der Waals surface area (Å²) in [6.07, 6.45) is 5.68. The van der Waals surface area contributed by atoms with E-state index in [4.69, 9.17) is 10.5 Å². The smallest absolute Gasteiger partial charge is 0.325 e. The van der Waals surface area contributed by atoms with Crippen molar-refractivity contribution in [2.24, 2.45) is 5.73 Å². The van der Waals surface area contributed by atoms with E-state index in [0.29, 0.717) is 6.42 Å². The van der Waals surface area contributed by atoms with E-state index in [0.717, 1.165) is 19.1 Å². The molecule has 0 saturated heterocycles. The number of nitrogens with zero attached hydrogens (tertiary/aromatic N) is 1. The molecule has 17 heavy (non-hydrogen) atoms. The highest BCUT2D eigenvalue weighted by molar-refractivity contribution is 5.79. The van der Waals surface area contributed by atoms with Crippen LogP contribution in [0, 0.1) is 0 Å². The average Bonchev–Trinajstić information content (AvgIpc) is 3.12. The molecule has 0 radical (unpaired) electrons. The molecule has 2 N–H and O–H groups in total. The summed E-state index contributed by atoms with van der Waals surface area (Å²) in [5.41, 5.74) is 5.11. The lowest BCUT2D eigenvalue weighted by Crippen LogP contribution is -2.48. The van der Waals surface area contributed by atoms with Gasteiger partial charge in [-0.05, 0) is 39.2 Å². The summed E-state index contributed by atoms with van der Waals surface area (Å²) in [5, 5.41) is 0. The molecular formula is C13H26N2O2. The van der Waals surface area contributed by atoms with Crippen LogP contribution in [0.15, 0.2) is 0 Å². The van der Waals surface area contributed by atoms with E-state index in [1.54, 1.807) is 6.92 Å². The lowest BCUT2D eigenvalue weighted by atomic mass is 9.99. The Labute approximate surface area is 104 Å². The normalized spacial score (nSPS) is 19.1. The van der Waals surface area contributed by atoms with Gasteiger partial charge in [-0.3, -0.25) is 4.79 Å². The Balaban J connectivity index is 2.37. The Kier molecular flexibility index (Phi) is 5.40. The zero-order valence-corrected chi connectivity index (χ0v) is 11.4. The van der Waals surface area contributed by atoms with Gasteiger partial charge in [0.05, 0.1) is 7.11 Å². The minimum Gasteiger partial charge on any atom is -0.468 e. The number of methoxy groups -OCH3 is 1. The van der Waals surface area contributed by atoms with Crippen molar-refractivity contribution in [2.45, 2.75) is 57.5 Å². The Bertz CT molecular complexity index is 250. The van der Waals surface area contributed by atoms with Crippen LogP contribution in [-0.4, -0.2) is 42.6 Å². The minimum atomic E-state index is -0.853. The standard InChI is InChI=1S/C13H26N2O2/c1-4-5-9-15(11-6-7-11)10-8-13(2,14)12(16)17-3/h11H,4-10,14H2,1-3H3. The second-order valence-electron chi connectivity index (χ2n) is 5.28. The molecule has 0 aromatic carbocycles. The Hall–Kier alpha value is -0.610. The maximum absolute atomic E-state index is 11.5. The van der Waals surface area contributed by atoms with Crippen molar-refractivity contribution in [3.63, 3.8) is 0 Å². The molecule has 0 heterocycles. The molecule has 1 saturated carbocycles. The van der Waals surface area contributed by atoms with Crippen LogP contribution in [0.5, 0.6) is 0 Å². The number of rotatable bonds is 8. The number of unbranched alkanes of at least 4 members (excludes halogenated alkanes) is 1. The molecule has 1 aliphatic carbocycles. The van der Waals surface area contributed by atoms with Crippen LogP contribution in [0.4, 0.5) is 0 Å². The molecule has 0 amide bonds. The van der Waals surface area contributed by atoms with Gasteiger partial charge in [0, 0.05) is 12.6 Å². The quantitative estimate of drug-likeness (QED) is 0.656. The summed E-state index contributed by atoms with van der Waals surface area (Å²) in [6, 6.07) is 0.731. The van der Waals surface area contributed by atoms with Crippen molar-refractivity contribution >= 4 is 5.97 Å². The van der Waals surface area contributed by atoms with Gasteiger partial charge < -0.3 is 15.4 Å². The first-order valence-electron chi connectivity index (χ1n) is 6.62. The van der Waals surface area contributed by atoms with Crippen LogP contribution >= 0.6 is 0 Å². The van der Waals surface area contributed by atoms with Crippen LogP contribution in [0.2, 0.25) is 0 Å². The van der Waals surface area contributed by atoms with Gasteiger partial charge in [0.15, 0.2) is 0 Å². The molecule has 0 aromatic rings. The Morgan fingerprint density at radius 2 is 2.12 bits per heavy atom. The molecular weight excluding hydrogens is 216 g/mol. The van der Waals surface area contributed by atoms with Gasteiger partial charge in [-0.1, -0.05) is 13.3 Å². The van der Waals surface area contributed by atoms with Crippen molar-refractivity contribution in [2.75, 3.05) is 20.2 Å². The van der Waals surface area contributed by atoms with Gasteiger partial charge in [-0.2, -0.15) is 0 Å². The lowest BCUT2D eigenvalue weighted by Gasteiger charge is -2.27. The second kappa shape index (κ2) is 6.36. The predicted octanol–water partition coefficient (Wildman–Crippen LogP) is 1.53. The van der Waals surface area contributed by atoms with Gasteiger partial charge in [-0.25, -0.2) is 0 Å². The monoisotopic (exact) mass is 242 g/mol. The number of hydrogen-bond donors (Lipinski definition) is 1. The third-order valence-corrected chi connectivity index (χ3v) is 3.43. The molecule has 0 aliphatic heterocycles. The van der Waals surface area contributed by atoms with E-state index in [-0.39, 0.29) is 5.97 Å². The summed E-state index contributed by atoms with van der Waals surface area (Å²) < 4.78 is 4.72. The first-order valence-corrected chi connectivity index (χ1v) is 6.62. The fourth-order valence-corrected chi connectivity index (χ4v) is 1.99. The van der Waals surface area contributed by atoms with Gasteiger partial charge >= 0.3 is 5.97 Å². The van der Waals surface area contributed by atoms with Gasteiger partial charge in [0.2, 0.25) is 0 Å². The highest BCUT2D eigenvalue weighted by Crippen LogP contribution is 2.27. The van der Waals surface area contributed by atoms with Crippen LogP contribution in [0.3, 0.4) is 0 Å². The van der Waals surface area contributed by atoms with E-state index in [1.165, 1.54) is 32.8 Å². The van der Waals surface area contributed by atoms with Gasteiger partial charge in [0.1, 0.15) is 5.54 Å². The average molecular weight is 242 g/mol. The second-order valence-corrected chi connectivity index (χ2v) is 5.28. The SMILES string of the molecule is CCCCN(CCC(C)(N)C(=O)OC)C1CC1. The maximum atomic E-state index is 11.5. The first-order chi connectivity index (χ1) is 8.01. The number of hydrogen-bond acceptors (Lipinski definition) is 4. The Morgan fingerprint density at radius 3 is 2.59 bits per heavy atom. The first kappa shape index (κ1) is 14.5. The minimum absolute atomic E-state index is 0.316. The molecule has 0 aromatic heterocycles. The molecule has 1 aliphatic rings. The Morgan fingerprint density at radius 1 is 1.47 bits per heavy atom. The summed E-state index contributed by atoms with van der Waals surface area (Å²) >= 11 is 0. The molecule has 0 spiro atoms. The fourth-order valence-electron chi connectivity index (χ4n) is 1.99. The third-order valence-electron chi connectivity index (χ3n) is 3.43. The van der Waals surface area contributed by atoms with E-state index in [1.807, 2.05) is 0 Å². The van der Waals surface area contributed by atoms with Gasteiger partial charge in [-0.15, -0.1) is 0 Å². The van der Waals surface area contributed by atoms with E-state index in [2.05, 4.69) is 11.8 Å². The van der Waals surface area contributed by atoms with Crippen molar-refractivity contribution in [3.05, 3.63) is 0 Å². The van der Waals surface area contributed by atoms with Crippen LogP contribution in [0.25, 0.3) is 0 Å². The summed E-state index contributed by atoms with van der Waals surface area (Å²) in [5.74, 6) is -0.316. The van der Waals surface area contributed by atoms with Gasteiger partial charge in [0.25, 0.3) is 0 Å². The number of carbonyl (C=O) groups excluding carboxylic acids is 1. The van der Waals surface area contributed by atoms with E-state index < -0.39 is 5.54 Å². The summed E-state index contributed by atoms with van der Waals surface area (Å²) in [4.78, 5) is 13.9. The number of ether oxygens (including phenoxy) is 1. The molecule has 1 unspecified atom stereocenters. The molecule has 1 atom stereocenters. The highest BCUT2D eigenvalue weighted by atomic mass is 16.5. The van der Waals surface area contributed by atoms with E-state index >= 15 is 0 Å². The number of carbonyl (C=O) groups is 1. The topological polar surface area (TPSA) is 55.6 Å². The van der Waals surface area contributed by atoms with Crippen molar-refractivity contribution in [1.29, 1.82) is 0 Å². The zero-order chi connectivity index (χ0) is 12.9. The van der Waals surface area contributed by atoms with Crippen molar-refractivity contribution < 1.29 is 9.53 Å². The maximum Gasteiger partial charge on any atom is 0.325 e. The predicted molar refractivity (Wildman–Crippen MR) is 68.7 cm³/mol. The lowest BCUT2D eigenvalue weighted by molar-refractivity contribution is -0.146. The molecule has 4 heteroatoms. The largest absolute Gasteiger partial charge is 0.468 e. The van der Waals surface area contributed by atoms with Crippen LogP contribution in [-0.2, 0) is 9.53 Å². The molecule has 4 nitrogen and oxygen atoms in total. The molecule has 100 valence electrons. The third kappa shape index (κ3) is 4.64. The number of esters is 1.